The molecule has 0 saturated carbocycles. The van der Waals surface area contributed by atoms with Crippen LogP contribution >= 0.6 is 11.3 Å². The van der Waals surface area contributed by atoms with Gasteiger partial charge in [0.2, 0.25) is 0 Å². The highest BCUT2D eigenvalue weighted by Gasteiger charge is 2.12. The van der Waals surface area contributed by atoms with E-state index in [-0.39, 0.29) is 5.91 Å². The molecule has 2 aromatic heterocycles. The topological polar surface area (TPSA) is 80.9 Å². The van der Waals surface area contributed by atoms with Crippen molar-refractivity contribution in [1.82, 2.24) is 15.1 Å². The van der Waals surface area contributed by atoms with E-state index in [1.54, 1.807) is 37.4 Å². The third kappa shape index (κ3) is 4.35. The van der Waals surface area contributed by atoms with Gasteiger partial charge >= 0.3 is 0 Å². The summed E-state index contributed by atoms with van der Waals surface area (Å²) in [6.45, 7) is 1.73. The Morgan fingerprint density at radius 3 is 2.62 bits per heavy atom. The van der Waals surface area contributed by atoms with E-state index in [0.717, 1.165) is 17.0 Å². The van der Waals surface area contributed by atoms with Gasteiger partial charge in [0.25, 0.3) is 11.8 Å². The summed E-state index contributed by atoms with van der Waals surface area (Å²) in [6, 6.07) is 10.5. The predicted octanol–water partition coefficient (Wildman–Crippen LogP) is 4.62. The van der Waals surface area contributed by atoms with Crippen molar-refractivity contribution in [1.29, 1.82) is 0 Å². The summed E-state index contributed by atoms with van der Waals surface area (Å²) >= 11 is 1.27. The molecule has 0 aliphatic carbocycles. The first kappa shape index (κ1) is 18.9. The molecule has 0 aliphatic rings. The molecule has 1 amide bonds. The largest absolute Gasteiger partial charge is 0.334 e. The fraction of sp³-hybridized carbons (Fsp3) is 0.100. The minimum absolute atomic E-state index is 0.313. The Morgan fingerprint density at radius 2 is 1.93 bits per heavy atom. The van der Waals surface area contributed by atoms with Crippen LogP contribution in [-0.4, -0.2) is 21.0 Å². The predicted molar refractivity (Wildman–Crippen MR) is 104 cm³/mol. The number of amides is 1. The maximum Gasteiger partial charge on any atom is 0.257 e. The number of anilines is 1. The van der Waals surface area contributed by atoms with Crippen LogP contribution in [0.1, 0.15) is 26.6 Å². The third-order valence-corrected chi connectivity index (χ3v) is 4.97. The van der Waals surface area contributed by atoms with Crippen LogP contribution in [0.2, 0.25) is 0 Å². The summed E-state index contributed by atoms with van der Waals surface area (Å²) < 4.78 is 31.4. The van der Waals surface area contributed by atoms with E-state index in [0.29, 0.717) is 40.0 Å². The number of halogens is 2. The second-order valence-electron chi connectivity index (χ2n) is 6.24. The summed E-state index contributed by atoms with van der Waals surface area (Å²) in [5, 5.41) is 6.89. The van der Waals surface area contributed by atoms with Gasteiger partial charge in [0, 0.05) is 28.6 Å². The summed E-state index contributed by atoms with van der Waals surface area (Å²) in [7, 11) is 0. The molecule has 0 aliphatic heterocycles. The van der Waals surface area contributed by atoms with E-state index in [9.17, 15) is 13.6 Å². The van der Waals surface area contributed by atoms with E-state index in [1.165, 1.54) is 17.4 Å². The van der Waals surface area contributed by atoms with Crippen LogP contribution in [0.15, 0.2) is 53.2 Å². The Balaban J connectivity index is 1.41. The molecular weight excluding hydrogens is 398 g/mol. The number of aromatic nitrogens is 3. The summed E-state index contributed by atoms with van der Waals surface area (Å²) in [4.78, 5) is 21.6. The maximum absolute atomic E-state index is 13.3. The monoisotopic (exact) mass is 412 g/mol. The van der Waals surface area contributed by atoms with Gasteiger partial charge in [0.05, 0.1) is 0 Å². The maximum atomic E-state index is 13.3. The first-order valence-corrected chi connectivity index (χ1v) is 9.40. The third-order valence-electron chi connectivity index (χ3n) is 4.06. The van der Waals surface area contributed by atoms with Crippen LogP contribution in [0.3, 0.4) is 0 Å². The highest BCUT2D eigenvalue weighted by atomic mass is 32.1. The van der Waals surface area contributed by atoms with Crippen LogP contribution in [0, 0.1) is 18.6 Å². The molecule has 9 heteroatoms. The van der Waals surface area contributed by atoms with Crippen LogP contribution in [0.4, 0.5) is 13.9 Å². The molecule has 0 bridgehead atoms. The fourth-order valence-electron chi connectivity index (χ4n) is 2.65. The number of carbonyl (C=O) groups is 1. The molecule has 6 nitrogen and oxygen atoms in total. The molecule has 1 N–H and O–H groups in total. The summed E-state index contributed by atoms with van der Waals surface area (Å²) in [5.74, 6) is -1.17. The Kier molecular flexibility index (Phi) is 5.13. The lowest BCUT2D eigenvalue weighted by Gasteiger charge is -2.02. The van der Waals surface area contributed by atoms with Gasteiger partial charge in [-0.3, -0.25) is 10.1 Å². The van der Waals surface area contributed by atoms with E-state index in [2.05, 4.69) is 20.4 Å². The molecule has 0 radical (unpaired) electrons. The Bertz CT molecular complexity index is 1170. The molecular formula is C20H14F2N4O2S. The number of thiazole rings is 1. The standard InChI is InChI=1S/C20H14F2N4O2S/c1-11-24-19(28-26-11)14-5-3-13(4-6-14)18(27)25-20-23-10-15(29-20)8-12-2-7-16(21)17(22)9-12/h2-7,9-10H,8H2,1H3,(H,23,25,27). The van der Waals surface area contributed by atoms with Gasteiger partial charge in [-0.1, -0.05) is 11.2 Å². The van der Waals surface area contributed by atoms with Crippen molar-refractivity contribution in [3.8, 4) is 11.5 Å². The first-order valence-electron chi connectivity index (χ1n) is 8.58. The van der Waals surface area contributed by atoms with E-state index < -0.39 is 11.6 Å². The summed E-state index contributed by atoms with van der Waals surface area (Å²) in [6.07, 6.45) is 1.99. The second-order valence-corrected chi connectivity index (χ2v) is 7.35. The average Bonchev–Trinajstić information content (AvgIpc) is 3.34. The Labute approximate surface area is 168 Å². The number of hydrogen-bond acceptors (Lipinski definition) is 6. The molecule has 0 spiro atoms. The SMILES string of the molecule is Cc1noc(-c2ccc(C(=O)Nc3ncc(Cc4ccc(F)c(F)c4)s3)cc2)n1. The van der Waals surface area contributed by atoms with Crippen LogP contribution < -0.4 is 5.32 Å². The van der Waals surface area contributed by atoms with Crippen molar-refractivity contribution in [2.45, 2.75) is 13.3 Å². The van der Waals surface area contributed by atoms with Crippen LogP contribution in [0.25, 0.3) is 11.5 Å². The molecule has 2 heterocycles. The highest BCUT2D eigenvalue weighted by Crippen LogP contribution is 2.23. The first-order chi connectivity index (χ1) is 14.0. The second kappa shape index (κ2) is 7.88. The summed E-state index contributed by atoms with van der Waals surface area (Å²) in [5.41, 5.74) is 1.78. The van der Waals surface area contributed by atoms with Gasteiger partial charge in [-0.2, -0.15) is 4.98 Å². The van der Waals surface area contributed by atoms with Gasteiger partial charge in [0.15, 0.2) is 22.6 Å². The van der Waals surface area contributed by atoms with Gasteiger partial charge in [-0.05, 0) is 48.9 Å². The minimum atomic E-state index is -0.889. The number of nitrogens with zero attached hydrogens (tertiary/aromatic N) is 3. The average molecular weight is 412 g/mol. The van der Waals surface area contributed by atoms with Gasteiger partial charge in [-0.25, -0.2) is 13.8 Å². The van der Waals surface area contributed by atoms with Crippen molar-refractivity contribution in [3.05, 3.63) is 82.1 Å². The molecule has 0 saturated heterocycles. The fourth-order valence-corrected chi connectivity index (χ4v) is 3.49. The normalized spacial score (nSPS) is 10.9. The number of aryl methyl sites for hydroxylation is 1. The number of nitrogens with one attached hydrogen (secondary N) is 1. The molecule has 146 valence electrons. The molecule has 29 heavy (non-hydrogen) atoms. The lowest BCUT2D eigenvalue weighted by Crippen LogP contribution is -2.11. The quantitative estimate of drug-likeness (QED) is 0.517. The molecule has 0 unspecified atom stereocenters. The lowest BCUT2D eigenvalue weighted by atomic mass is 10.1. The van der Waals surface area contributed by atoms with Crippen molar-refractivity contribution in [2.75, 3.05) is 5.32 Å². The zero-order valence-electron chi connectivity index (χ0n) is 15.1. The number of hydrogen-bond donors (Lipinski definition) is 1. The van der Waals surface area contributed by atoms with Crippen molar-refractivity contribution < 1.29 is 18.1 Å². The number of rotatable bonds is 5. The van der Waals surface area contributed by atoms with Gasteiger partial charge in [0.1, 0.15) is 0 Å². The number of carbonyl (C=O) groups excluding carboxylic acids is 1. The number of benzene rings is 2. The van der Waals surface area contributed by atoms with Gasteiger partial charge in [-0.15, -0.1) is 11.3 Å². The zero-order chi connectivity index (χ0) is 20.4. The van der Waals surface area contributed by atoms with Gasteiger partial charge < -0.3 is 4.52 Å². The smallest absolute Gasteiger partial charge is 0.257 e. The molecule has 0 atom stereocenters. The van der Waals surface area contributed by atoms with Crippen molar-refractivity contribution in [2.24, 2.45) is 0 Å². The molecule has 0 fully saturated rings. The van der Waals surface area contributed by atoms with Crippen molar-refractivity contribution >= 4 is 22.4 Å². The minimum Gasteiger partial charge on any atom is -0.334 e. The Morgan fingerprint density at radius 1 is 1.14 bits per heavy atom. The van der Waals surface area contributed by atoms with Crippen LogP contribution in [-0.2, 0) is 6.42 Å². The van der Waals surface area contributed by atoms with Crippen molar-refractivity contribution in [3.63, 3.8) is 0 Å². The lowest BCUT2D eigenvalue weighted by molar-refractivity contribution is 0.102. The van der Waals surface area contributed by atoms with E-state index in [4.69, 9.17) is 4.52 Å². The van der Waals surface area contributed by atoms with E-state index in [1.807, 2.05) is 0 Å². The Hall–Kier alpha value is -3.46. The molecule has 4 rings (SSSR count). The zero-order valence-corrected chi connectivity index (χ0v) is 16.0. The van der Waals surface area contributed by atoms with Crippen LogP contribution in [0.5, 0.6) is 0 Å². The highest BCUT2D eigenvalue weighted by molar-refractivity contribution is 7.15. The molecule has 4 aromatic rings. The van der Waals surface area contributed by atoms with E-state index >= 15 is 0 Å². The molecule has 2 aromatic carbocycles.